The zero-order valence-electron chi connectivity index (χ0n) is 11.7. The van der Waals surface area contributed by atoms with E-state index in [9.17, 15) is 0 Å². The Bertz CT molecular complexity index is 634. The zero-order chi connectivity index (χ0) is 13.0. The van der Waals surface area contributed by atoms with E-state index >= 15 is 0 Å². The van der Waals surface area contributed by atoms with Gasteiger partial charge >= 0.3 is 0 Å². The second kappa shape index (κ2) is 3.72. The summed E-state index contributed by atoms with van der Waals surface area (Å²) in [5.74, 6) is 1.35. The number of hydrogen-bond donors (Lipinski definition) is 0. The van der Waals surface area contributed by atoms with Crippen molar-refractivity contribution in [1.29, 1.82) is 0 Å². The van der Waals surface area contributed by atoms with Crippen molar-refractivity contribution in [3.8, 4) is 0 Å². The molecule has 0 fully saturated rings. The summed E-state index contributed by atoms with van der Waals surface area (Å²) in [6.45, 7) is 4.72. The average Bonchev–Trinajstić information content (AvgIpc) is 2.70. The molecular formula is C19H20. The summed E-state index contributed by atoms with van der Waals surface area (Å²) < 4.78 is 0. The second-order valence-electron chi connectivity index (χ2n) is 6.00. The van der Waals surface area contributed by atoms with Crippen molar-refractivity contribution in [3.63, 3.8) is 0 Å². The molecule has 0 saturated carbocycles. The van der Waals surface area contributed by atoms with Crippen molar-refractivity contribution in [2.24, 2.45) is 0 Å². The van der Waals surface area contributed by atoms with E-state index in [1.807, 2.05) is 0 Å². The molecule has 0 nitrogen and oxygen atoms in total. The molecule has 2 aromatic carbocycles. The van der Waals surface area contributed by atoms with E-state index in [2.05, 4.69) is 62.4 Å². The highest BCUT2D eigenvalue weighted by molar-refractivity contribution is 5.64. The normalized spacial score (nSPS) is 30.2. The van der Waals surface area contributed by atoms with Crippen LogP contribution in [0, 0.1) is 0 Å². The number of fused-ring (bicyclic) bond motifs is 6. The Morgan fingerprint density at radius 1 is 0.842 bits per heavy atom. The van der Waals surface area contributed by atoms with Crippen molar-refractivity contribution in [2.75, 3.05) is 0 Å². The first-order chi connectivity index (χ1) is 9.34. The Kier molecular flexibility index (Phi) is 2.21. The Hall–Kier alpha value is -1.56. The molecule has 19 heavy (non-hydrogen) atoms. The quantitative estimate of drug-likeness (QED) is 0.702. The summed E-state index contributed by atoms with van der Waals surface area (Å²) in [6, 6.07) is 18.2. The first-order valence-electron chi connectivity index (χ1n) is 7.52. The van der Waals surface area contributed by atoms with Gasteiger partial charge in [-0.05, 0) is 41.0 Å². The van der Waals surface area contributed by atoms with Crippen LogP contribution in [0.15, 0.2) is 48.5 Å². The SMILES string of the molecule is CCC1c2ccccc2C2c3ccccc3C12CC. The van der Waals surface area contributed by atoms with E-state index in [0.29, 0.717) is 17.3 Å². The lowest BCUT2D eigenvalue weighted by Crippen LogP contribution is -2.43. The van der Waals surface area contributed by atoms with Crippen LogP contribution in [-0.2, 0) is 5.41 Å². The second-order valence-corrected chi connectivity index (χ2v) is 6.00. The summed E-state index contributed by atoms with van der Waals surface area (Å²) in [5, 5.41) is 0. The summed E-state index contributed by atoms with van der Waals surface area (Å²) in [6.07, 6.45) is 2.50. The van der Waals surface area contributed by atoms with Crippen LogP contribution < -0.4 is 0 Å². The van der Waals surface area contributed by atoms with Gasteiger partial charge in [0, 0.05) is 11.3 Å². The van der Waals surface area contributed by atoms with E-state index < -0.39 is 0 Å². The Morgan fingerprint density at radius 3 is 2.16 bits per heavy atom. The van der Waals surface area contributed by atoms with E-state index in [-0.39, 0.29) is 0 Å². The van der Waals surface area contributed by atoms with E-state index in [1.165, 1.54) is 12.8 Å². The first-order valence-corrected chi connectivity index (χ1v) is 7.52. The molecule has 0 heterocycles. The Labute approximate surface area is 115 Å². The van der Waals surface area contributed by atoms with E-state index in [4.69, 9.17) is 0 Å². The summed E-state index contributed by atoms with van der Waals surface area (Å²) in [7, 11) is 0. The van der Waals surface area contributed by atoms with Crippen molar-refractivity contribution < 1.29 is 0 Å². The lowest BCUT2D eigenvalue weighted by Gasteiger charge is -2.51. The molecule has 0 N–H and O–H groups in total. The van der Waals surface area contributed by atoms with Crippen LogP contribution >= 0.6 is 0 Å². The van der Waals surface area contributed by atoms with Crippen LogP contribution in [0.2, 0.25) is 0 Å². The van der Waals surface area contributed by atoms with Crippen molar-refractivity contribution in [1.82, 2.24) is 0 Å². The maximum atomic E-state index is 2.37. The molecule has 0 heteroatoms. The maximum absolute atomic E-state index is 2.37. The molecule has 0 bridgehead atoms. The summed E-state index contributed by atoms with van der Waals surface area (Å²) >= 11 is 0. The van der Waals surface area contributed by atoms with Gasteiger partial charge in [0.1, 0.15) is 0 Å². The van der Waals surface area contributed by atoms with Gasteiger partial charge in [-0.1, -0.05) is 62.4 Å². The van der Waals surface area contributed by atoms with Gasteiger partial charge < -0.3 is 0 Å². The lowest BCUT2D eigenvalue weighted by atomic mass is 9.52. The monoisotopic (exact) mass is 248 g/mol. The third kappa shape index (κ3) is 1.12. The van der Waals surface area contributed by atoms with Crippen molar-refractivity contribution in [3.05, 3.63) is 70.8 Å². The minimum atomic E-state index is 0.384. The zero-order valence-corrected chi connectivity index (χ0v) is 11.7. The van der Waals surface area contributed by atoms with Crippen LogP contribution in [-0.4, -0.2) is 0 Å². The van der Waals surface area contributed by atoms with Crippen molar-refractivity contribution >= 4 is 0 Å². The smallest absolute Gasteiger partial charge is 0.0198 e. The molecule has 0 aromatic heterocycles. The summed E-state index contributed by atoms with van der Waals surface area (Å²) in [5.41, 5.74) is 6.77. The van der Waals surface area contributed by atoms with Crippen LogP contribution in [0.3, 0.4) is 0 Å². The van der Waals surface area contributed by atoms with Gasteiger partial charge in [0.2, 0.25) is 0 Å². The highest BCUT2D eigenvalue weighted by atomic mass is 14.6. The van der Waals surface area contributed by atoms with Gasteiger partial charge in [0.15, 0.2) is 0 Å². The predicted octanol–water partition coefficient (Wildman–Crippen LogP) is 4.99. The van der Waals surface area contributed by atoms with Gasteiger partial charge in [0.05, 0.1) is 0 Å². The molecule has 3 atom stereocenters. The fourth-order valence-electron chi connectivity index (χ4n) is 4.96. The molecule has 0 amide bonds. The predicted molar refractivity (Wildman–Crippen MR) is 79.7 cm³/mol. The molecule has 2 aromatic rings. The maximum Gasteiger partial charge on any atom is 0.0198 e. The van der Waals surface area contributed by atoms with Crippen molar-refractivity contribution in [2.45, 2.75) is 43.9 Å². The fraction of sp³-hybridized carbons (Fsp3) is 0.368. The molecule has 0 aliphatic heterocycles. The highest BCUT2D eigenvalue weighted by Gasteiger charge is 2.59. The van der Waals surface area contributed by atoms with Crippen LogP contribution in [0.5, 0.6) is 0 Å². The van der Waals surface area contributed by atoms with E-state index in [0.717, 1.165) is 0 Å². The molecular weight excluding hydrogens is 228 g/mol. The minimum Gasteiger partial charge on any atom is -0.0648 e. The number of rotatable bonds is 2. The number of hydrogen-bond acceptors (Lipinski definition) is 0. The van der Waals surface area contributed by atoms with Gasteiger partial charge in [-0.25, -0.2) is 0 Å². The van der Waals surface area contributed by atoms with Gasteiger partial charge in [0.25, 0.3) is 0 Å². The standard InChI is InChI=1S/C19H20/c1-3-16-13-9-5-6-10-14(13)18-15-11-7-8-12-17(15)19(16,18)4-2/h5-12,16,18H,3-4H2,1-2H3. The molecule has 2 aliphatic carbocycles. The minimum absolute atomic E-state index is 0.384. The average molecular weight is 248 g/mol. The molecule has 0 saturated heterocycles. The molecule has 2 aliphatic rings. The first kappa shape index (κ1) is 11.3. The Balaban J connectivity index is 2.02. The summed E-state index contributed by atoms with van der Waals surface area (Å²) in [4.78, 5) is 0. The molecule has 0 radical (unpaired) electrons. The lowest BCUT2D eigenvalue weighted by molar-refractivity contribution is 0.272. The largest absolute Gasteiger partial charge is 0.0648 e. The highest BCUT2D eigenvalue weighted by Crippen LogP contribution is 2.69. The third-order valence-electron chi connectivity index (χ3n) is 5.59. The van der Waals surface area contributed by atoms with Crippen LogP contribution in [0.4, 0.5) is 0 Å². The topological polar surface area (TPSA) is 0 Å². The Morgan fingerprint density at radius 2 is 1.47 bits per heavy atom. The molecule has 96 valence electrons. The van der Waals surface area contributed by atoms with Gasteiger partial charge in [-0.15, -0.1) is 0 Å². The molecule has 0 spiro atoms. The number of benzene rings is 2. The van der Waals surface area contributed by atoms with Gasteiger partial charge in [-0.3, -0.25) is 0 Å². The van der Waals surface area contributed by atoms with E-state index in [1.54, 1.807) is 22.3 Å². The fourth-order valence-corrected chi connectivity index (χ4v) is 4.96. The van der Waals surface area contributed by atoms with Crippen LogP contribution in [0.25, 0.3) is 0 Å². The third-order valence-corrected chi connectivity index (χ3v) is 5.59. The van der Waals surface area contributed by atoms with Gasteiger partial charge in [-0.2, -0.15) is 0 Å². The molecule has 3 unspecified atom stereocenters. The molecule has 4 rings (SSSR count). The van der Waals surface area contributed by atoms with Crippen LogP contribution in [0.1, 0.15) is 60.8 Å².